The van der Waals surface area contributed by atoms with Gasteiger partial charge in [0.1, 0.15) is 11.6 Å². The summed E-state index contributed by atoms with van der Waals surface area (Å²) in [7, 11) is 0. The van der Waals surface area contributed by atoms with Crippen LogP contribution in [-0.4, -0.2) is 11.6 Å². The van der Waals surface area contributed by atoms with Gasteiger partial charge in [0.2, 0.25) is 0 Å². The summed E-state index contributed by atoms with van der Waals surface area (Å²) >= 11 is 0. The van der Waals surface area contributed by atoms with E-state index in [2.05, 4.69) is 0 Å². The Kier molecular flexibility index (Phi) is 4.90. The van der Waals surface area contributed by atoms with Crippen LogP contribution in [0, 0.1) is 10.8 Å². The number of ketones is 2. The van der Waals surface area contributed by atoms with Crippen LogP contribution in [0.15, 0.2) is 24.3 Å². The second-order valence-electron chi connectivity index (χ2n) is 7.52. The van der Waals surface area contributed by atoms with E-state index in [9.17, 15) is 9.59 Å². The van der Waals surface area contributed by atoms with Gasteiger partial charge in [0, 0.05) is 23.7 Å². The lowest BCUT2D eigenvalue weighted by Crippen LogP contribution is -2.23. The van der Waals surface area contributed by atoms with Crippen molar-refractivity contribution in [3.8, 4) is 0 Å². The Morgan fingerprint density at radius 1 is 0.800 bits per heavy atom. The number of hydrogen-bond donors (Lipinski definition) is 0. The molecule has 0 atom stereocenters. The van der Waals surface area contributed by atoms with Gasteiger partial charge in [-0.3, -0.25) is 9.59 Å². The van der Waals surface area contributed by atoms with E-state index in [0.29, 0.717) is 12.8 Å². The maximum Gasteiger partial charge on any atom is 0.142 e. The Bertz CT molecular complexity index is 456. The first-order valence-electron chi connectivity index (χ1n) is 7.14. The molecular weight excluding hydrogens is 248 g/mol. The third kappa shape index (κ3) is 4.92. The molecule has 0 heterocycles. The summed E-state index contributed by atoms with van der Waals surface area (Å²) < 4.78 is 0. The van der Waals surface area contributed by atoms with Crippen LogP contribution in [0.4, 0.5) is 0 Å². The normalized spacial score (nSPS) is 12.3. The lowest BCUT2D eigenvalue weighted by Gasteiger charge is -2.18. The summed E-state index contributed by atoms with van der Waals surface area (Å²) in [6.07, 6.45) is 0.863. The molecule has 0 amide bonds. The Hall–Kier alpha value is -1.44. The average Bonchev–Trinajstić information content (AvgIpc) is 2.26. The fraction of sp³-hybridized carbons (Fsp3) is 0.556. The minimum Gasteiger partial charge on any atom is -0.299 e. The summed E-state index contributed by atoms with van der Waals surface area (Å²) in [5.74, 6) is 0.439. The summed E-state index contributed by atoms with van der Waals surface area (Å²) in [4.78, 5) is 24.1. The molecule has 110 valence electrons. The second-order valence-corrected chi connectivity index (χ2v) is 7.52. The van der Waals surface area contributed by atoms with Gasteiger partial charge in [-0.15, -0.1) is 0 Å². The van der Waals surface area contributed by atoms with E-state index in [0.717, 1.165) is 11.1 Å². The minimum absolute atomic E-state index is 0.219. The minimum atomic E-state index is -0.322. The fourth-order valence-corrected chi connectivity index (χ4v) is 1.75. The van der Waals surface area contributed by atoms with Gasteiger partial charge in [0.05, 0.1) is 0 Å². The summed E-state index contributed by atoms with van der Waals surface area (Å²) in [6.45, 7) is 11.6. The van der Waals surface area contributed by atoms with E-state index in [-0.39, 0.29) is 22.4 Å². The molecule has 0 unspecified atom stereocenters. The second kappa shape index (κ2) is 5.90. The van der Waals surface area contributed by atoms with Crippen molar-refractivity contribution in [2.45, 2.75) is 54.4 Å². The van der Waals surface area contributed by atoms with Crippen LogP contribution in [0.3, 0.4) is 0 Å². The van der Waals surface area contributed by atoms with Crippen molar-refractivity contribution in [3.05, 3.63) is 35.4 Å². The molecular formula is C18H26O2. The molecule has 2 heteroatoms. The molecule has 0 aromatic heterocycles. The summed E-state index contributed by atoms with van der Waals surface area (Å²) in [6, 6.07) is 7.81. The van der Waals surface area contributed by atoms with Crippen molar-refractivity contribution in [1.29, 1.82) is 0 Å². The van der Waals surface area contributed by atoms with E-state index in [1.165, 1.54) is 0 Å². The van der Waals surface area contributed by atoms with Gasteiger partial charge in [0.15, 0.2) is 0 Å². The predicted octanol–water partition coefficient (Wildman–Crippen LogP) is 4.00. The monoisotopic (exact) mass is 274 g/mol. The first-order chi connectivity index (χ1) is 9.00. The van der Waals surface area contributed by atoms with Crippen LogP contribution in [0.1, 0.15) is 52.7 Å². The van der Waals surface area contributed by atoms with Gasteiger partial charge in [0.25, 0.3) is 0 Å². The lowest BCUT2D eigenvalue weighted by molar-refractivity contribution is -0.126. The van der Waals surface area contributed by atoms with Crippen molar-refractivity contribution in [1.82, 2.24) is 0 Å². The highest BCUT2D eigenvalue weighted by molar-refractivity contribution is 5.87. The zero-order valence-electron chi connectivity index (χ0n) is 13.5. The molecule has 2 nitrogen and oxygen atoms in total. The number of benzene rings is 1. The van der Waals surface area contributed by atoms with Crippen LogP contribution in [0.25, 0.3) is 0 Å². The van der Waals surface area contributed by atoms with Gasteiger partial charge in [-0.1, -0.05) is 65.8 Å². The molecule has 1 aromatic rings. The third-order valence-corrected chi connectivity index (χ3v) is 3.39. The fourth-order valence-electron chi connectivity index (χ4n) is 1.75. The number of rotatable bonds is 4. The van der Waals surface area contributed by atoms with Crippen molar-refractivity contribution in [2.75, 3.05) is 0 Å². The Balaban J connectivity index is 2.82. The molecule has 0 N–H and O–H groups in total. The highest BCUT2D eigenvalue weighted by atomic mass is 16.1. The number of Topliss-reactive ketones (excluding diaryl/α,β-unsaturated/α-hetero) is 2. The molecule has 0 bridgehead atoms. The largest absolute Gasteiger partial charge is 0.299 e. The molecule has 0 fully saturated rings. The highest BCUT2D eigenvalue weighted by Crippen LogP contribution is 2.20. The topological polar surface area (TPSA) is 34.1 Å². The molecule has 0 saturated heterocycles. The third-order valence-electron chi connectivity index (χ3n) is 3.39. The van der Waals surface area contributed by atoms with Gasteiger partial charge in [-0.05, 0) is 11.1 Å². The van der Waals surface area contributed by atoms with Gasteiger partial charge in [-0.2, -0.15) is 0 Å². The molecule has 0 radical (unpaired) electrons. The van der Waals surface area contributed by atoms with Crippen LogP contribution < -0.4 is 0 Å². The summed E-state index contributed by atoms with van der Waals surface area (Å²) in [5.41, 5.74) is 1.34. The van der Waals surface area contributed by atoms with Crippen molar-refractivity contribution in [3.63, 3.8) is 0 Å². The highest BCUT2D eigenvalue weighted by Gasteiger charge is 2.23. The van der Waals surface area contributed by atoms with E-state index < -0.39 is 0 Å². The molecule has 20 heavy (non-hydrogen) atoms. The quantitative estimate of drug-likeness (QED) is 0.831. The zero-order valence-corrected chi connectivity index (χ0v) is 13.5. The molecule has 1 rings (SSSR count). The number of carbonyl (C=O) groups is 2. The SMILES string of the molecule is CC(C)(C)C(=O)Cc1cccc(CC(=O)C(C)(C)C)c1. The van der Waals surface area contributed by atoms with Crippen LogP contribution in [0.5, 0.6) is 0 Å². The Morgan fingerprint density at radius 3 is 1.45 bits per heavy atom. The first kappa shape index (κ1) is 16.6. The predicted molar refractivity (Wildman–Crippen MR) is 82.8 cm³/mol. The zero-order chi connectivity index (χ0) is 15.6. The molecule has 0 spiro atoms. The van der Waals surface area contributed by atoms with Crippen LogP contribution >= 0.6 is 0 Å². The van der Waals surface area contributed by atoms with Gasteiger partial charge >= 0.3 is 0 Å². The lowest BCUT2D eigenvalue weighted by atomic mass is 9.85. The smallest absolute Gasteiger partial charge is 0.142 e. The maximum absolute atomic E-state index is 12.1. The number of hydrogen-bond acceptors (Lipinski definition) is 2. The van der Waals surface area contributed by atoms with Gasteiger partial charge < -0.3 is 0 Å². The van der Waals surface area contributed by atoms with E-state index in [1.807, 2.05) is 65.8 Å². The van der Waals surface area contributed by atoms with Gasteiger partial charge in [-0.25, -0.2) is 0 Å². The van der Waals surface area contributed by atoms with Crippen molar-refractivity contribution in [2.24, 2.45) is 10.8 Å². The van der Waals surface area contributed by atoms with Crippen molar-refractivity contribution < 1.29 is 9.59 Å². The van der Waals surface area contributed by atoms with E-state index in [1.54, 1.807) is 0 Å². The van der Waals surface area contributed by atoms with Crippen LogP contribution in [-0.2, 0) is 22.4 Å². The molecule has 1 aromatic carbocycles. The average molecular weight is 274 g/mol. The molecule has 0 saturated carbocycles. The molecule has 0 aliphatic heterocycles. The van der Waals surface area contributed by atoms with E-state index in [4.69, 9.17) is 0 Å². The van der Waals surface area contributed by atoms with Crippen LogP contribution in [0.2, 0.25) is 0 Å². The first-order valence-corrected chi connectivity index (χ1v) is 7.14. The Labute approximate surface area is 122 Å². The van der Waals surface area contributed by atoms with E-state index >= 15 is 0 Å². The summed E-state index contributed by atoms with van der Waals surface area (Å²) in [5, 5.41) is 0. The van der Waals surface area contributed by atoms with Crippen molar-refractivity contribution >= 4 is 11.6 Å². The molecule has 0 aliphatic rings. The Morgan fingerprint density at radius 2 is 1.15 bits per heavy atom. The standard InChI is InChI=1S/C18H26O2/c1-17(2,3)15(19)11-13-8-7-9-14(10-13)12-16(20)18(4,5)6/h7-10H,11-12H2,1-6H3. The maximum atomic E-state index is 12.1. The number of carbonyl (C=O) groups excluding carboxylic acids is 2. The molecule has 0 aliphatic carbocycles.